The van der Waals surface area contributed by atoms with Crippen molar-refractivity contribution in [1.82, 2.24) is 19.6 Å². The number of hydrogen-bond acceptors (Lipinski definition) is 6. The van der Waals surface area contributed by atoms with Gasteiger partial charge in [-0.25, -0.2) is 14.5 Å². The minimum Gasteiger partial charge on any atom is -0.443 e. The van der Waals surface area contributed by atoms with Crippen molar-refractivity contribution in [3.63, 3.8) is 0 Å². The van der Waals surface area contributed by atoms with Crippen LogP contribution in [0.15, 0.2) is 12.3 Å². The molecule has 8 nitrogen and oxygen atoms in total. The molecule has 2 saturated carbocycles. The molecule has 1 aromatic heterocycles. The van der Waals surface area contributed by atoms with Gasteiger partial charge >= 0.3 is 12.2 Å². The van der Waals surface area contributed by atoms with E-state index in [-0.39, 0.29) is 12.0 Å². The number of rotatable bonds is 5. The van der Waals surface area contributed by atoms with Crippen molar-refractivity contribution in [2.24, 2.45) is 5.92 Å². The molecular formula is C27H42N4O4. The van der Waals surface area contributed by atoms with Gasteiger partial charge < -0.3 is 14.4 Å². The summed E-state index contributed by atoms with van der Waals surface area (Å²) in [5, 5.41) is 5.03. The molecule has 194 valence electrons. The van der Waals surface area contributed by atoms with Gasteiger partial charge in [0.1, 0.15) is 11.2 Å². The Labute approximate surface area is 209 Å². The Hall–Kier alpha value is -2.35. The lowest BCUT2D eigenvalue weighted by atomic mass is 9.80. The summed E-state index contributed by atoms with van der Waals surface area (Å²) < 4.78 is 13.1. The molecule has 3 aliphatic rings. The van der Waals surface area contributed by atoms with E-state index >= 15 is 0 Å². The van der Waals surface area contributed by atoms with E-state index in [4.69, 9.17) is 14.6 Å². The lowest BCUT2D eigenvalue weighted by Gasteiger charge is -2.38. The van der Waals surface area contributed by atoms with Gasteiger partial charge in [-0.05, 0) is 92.2 Å². The average Bonchev–Trinajstić information content (AvgIpc) is 3.44. The van der Waals surface area contributed by atoms with Crippen LogP contribution in [0.2, 0.25) is 0 Å². The fraction of sp³-hybridized carbons (Fsp3) is 0.741. The molecule has 0 radical (unpaired) electrons. The second kappa shape index (κ2) is 9.60. The van der Waals surface area contributed by atoms with Crippen molar-refractivity contribution in [3.05, 3.63) is 23.5 Å². The maximum absolute atomic E-state index is 12.8. The highest BCUT2D eigenvalue weighted by Gasteiger charge is 2.39. The summed E-state index contributed by atoms with van der Waals surface area (Å²) >= 11 is 0. The van der Waals surface area contributed by atoms with Crippen LogP contribution in [0.1, 0.15) is 96.9 Å². The van der Waals surface area contributed by atoms with Crippen LogP contribution >= 0.6 is 0 Å². The number of imide groups is 1. The first-order chi connectivity index (χ1) is 16.3. The normalized spacial score (nSPS) is 23.3. The predicted molar refractivity (Wildman–Crippen MR) is 135 cm³/mol. The minimum atomic E-state index is -0.688. The number of amides is 2. The summed E-state index contributed by atoms with van der Waals surface area (Å²) in [6.45, 7) is 13.1. The van der Waals surface area contributed by atoms with Gasteiger partial charge in [-0.2, -0.15) is 5.10 Å². The molecule has 0 bridgehead atoms. The second-order valence-electron chi connectivity index (χ2n) is 12.5. The number of ether oxygens (including phenoxy) is 2. The Morgan fingerprint density at radius 1 is 1.06 bits per heavy atom. The Balaban J connectivity index is 1.42. The molecular weight excluding hydrogens is 444 g/mol. The zero-order valence-electron chi connectivity index (χ0n) is 22.5. The van der Waals surface area contributed by atoms with Crippen LogP contribution in [0.3, 0.4) is 0 Å². The zero-order chi connectivity index (χ0) is 25.5. The van der Waals surface area contributed by atoms with Crippen LogP contribution in [-0.4, -0.2) is 69.7 Å². The van der Waals surface area contributed by atoms with Crippen molar-refractivity contribution >= 4 is 17.8 Å². The lowest BCUT2D eigenvalue weighted by Crippen LogP contribution is -2.47. The summed E-state index contributed by atoms with van der Waals surface area (Å²) in [5.74, 6) is 0.789. The molecule has 0 unspecified atom stereocenters. The van der Waals surface area contributed by atoms with Gasteiger partial charge in [-0.1, -0.05) is 6.08 Å². The monoisotopic (exact) mass is 486 g/mol. The van der Waals surface area contributed by atoms with Gasteiger partial charge in [0, 0.05) is 37.3 Å². The Bertz CT molecular complexity index is 946. The molecule has 0 saturated heterocycles. The van der Waals surface area contributed by atoms with Gasteiger partial charge in [-0.3, -0.25) is 4.68 Å². The largest absolute Gasteiger partial charge is 0.443 e. The Morgan fingerprint density at radius 3 is 2.14 bits per heavy atom. The van der Waals surface area contributed by atoms with E-state index < -0.39 is 23.4 Å². The van der Waals surface area contributed by atoms with Crippen molar-refractivity contribution in [2.45, 2.75) is 96.8 Å². The Morgan fingerprint density at radius 2 is 1.66 bits per heavy atom. The minimum absolute atomic E-state index is 0.194. The molecule has 1 aromatic rings. The topological polar surface area (TPSA) is 76.9 Å². The molecule has 0 N–H and O–H groups in total. The van der Waals surface area contributed by atoms with Gasteiger partial charge in [0.2, 0.25) is 0 Å². The SMILES string of the molecule is CN1CC=C(c2cn(C3CC(CN(C(=O)OC(C)(C)C)C(=O)OC(C)(C)C)C3)nc2C2CC2)CC1. The van der Waals surface area contributed by atoms with Gasteiger partial charge in [0.15, 0.2) is 0 Å². The van der Waals surface area contributed by atoms with Crippen molar-refractivity contribution < 1.29 is 19.1 Å². The number of likely N-dealkylation sites (N-methyl/N-ethyl adjacent to an activating group) is 1. The predicted octanol–water partition coefficient (Wildman–Crippen LogP) is 5.60. The smallest absolute Gasteiger partial charge is 0.419 e. The summed E-state index contributed by atoms with van der Waals surface area (Å²) in [5.41, 5.74) is 2.63. The van der Waals surface area contributed by atoms with Crippen LogP contribution in [0, 0.1) is 5.92 Å². The number of hydrogen-bond donors (Lipinski definition) is 0. The molecule has 0 spiro atoms. The van der Waals surface area contributed by atoms with Crippen LogP contribution < -0.4 is 0 Å². The molecule has 2 amide bonds. The average molecular weight is 487 g/mol. The number of carbonyl (C=O) groups is 2. The quantitative estimate of drug-likeness (QED) is 0.539. The third-order valence-corrected chi connectivity index (χ3v) is 6.74. The maximum Gasteiger partial charge on any atom is 0.419 e. The first-order valence-electron chi connectivity index (χ1n) is 13.0. The number of carbonyl (C=O) groups excluding carboxylic acids is 2. The summed E-state index contributed by atoms with van der Waals surface area (Å²) in [6.07, 6.45) is 8.55. The maximum atomic E-state index is 12.8. The van der Waals surface area contributed by atoms with E-state index in [1.807, 2.05) is 0 Å². The highest BCUT2D eigenvalue weighted by molar-refractivity contribution is 5.88. The van der Waals surface area contributed by atoms with E-state index in [9.17, 15) is 9.59 Å². The van der Waals surface area contributed by atoms with E-state index in [2.05, 4.69) is 28.9 Å². The third-order valence-electron chi connectivity index (χ3n) is 6.74. The molecule has 0 aromatic carbocycles. The van der Waals surface area contributed by atoms with Crippen LogP contribution in [0.25, 0.3) is 5.57 Å². The van der Waals surface area contributed by atoms with Gasteiger partial charge in [0.05, 0.1) is 11.7 Å². The van der Waals surface area contributed by atoms with Crippen LogP contribution in [0.4, 0.5) is 9.59 Å². The number of aromatic nitrogens is 2. The van der Waals surface area contributed by atoms with Gasteiger partial charge in [0.25, 0.3) is 0 Å². The van der Waals surface area contributed by atoms with E-state index in [1.54, 1.807) is 41.5 Å². The van der Waals surface area contributed by atoms with Crippen molar-refractivity contribution in [3.8, 4) is 0 Å². The van der Waals surface area contributed by atoms with Crippen molar-refractivity contribution in [2.75, 3.05) is 26.7 Å². The summed E-state index contributed by atoms with van der Waals surface area (Å²) in [6, 6.07) is 0.289. The molecule has 0 atom stereocenters. The van der Waals surface area contributed by atoms with Crippen LogP contribution in [-0.2, 0) is 9.47 Å². The molecule has 2 aliphatic carbocycles. The molecule has 2 heterocycles. The molecule has 35 heavy (non-hydrogen) atoms. The molecule has 8 heteroatoms. The Kier molecular flexibility index (Phi) is 7.06. The summed E-state index contributed by atoms with van der Waals surface area (Å²) in [4.78, 5) is 29.1. The lowest BCUT2D eigenvalue weighted by molar-refractivity contribution is -0.00641. The molecule has 2 fully saturated rings. The first kappa shape index (κ1) is 25.7. The number of nitrogens with zero attached hydrogens (tertiary/aromatic N) is 4. The zero-order valence-corrected chi connectivity index (χ0v) is 22.5. The van der Waals surface area contributed by atoms with Crippen molar-refractivity contribution in [1.29, 1.82) is 0 Å². The molecule has 4 rings (SSSR count). The van der Waals surface area contributed by atoms with Gasteiger partial charge in [-0.15, -0.1) is 0 Å². The van der Waals surface area contributed by atoms with E-state index in [1.165, 1.54) is 29.7 Å². The first-order valence-corrected chi connectivity index (χ1v) is 13.0. The molecule has 1 aliphatic heterocycles. The van der Waals surface area contributed by atoms with E-state index in [0.717, 1.165) is 37.3 Å². The third kappa shape index (κ3) is 6.66. The van der Waals surface area contributed by atoms with E-state index in [0.29, 0.717) is 12.5 Å². The highest BCUT2D eigenvalue weighted by atomic mass is 16.6. The fourth-order valence-corrected chi connectivity index (χ4v) is 4.70. The fourth-order valence-electron chi connectivity index (χ4n) is 4.70. The van der Waals surface area contributed by atoms with Crippen LogP contribution in [0.5, 0.6) is 0 Å². The standard InChI is InChI=1S/C27H42N4O4/c1-26(2,3)34-24(32)30(25(33)35-27(4,5)6)16-18-14-21(15-18)31-17-22(23(28-31)20-8-9-20)19-10-12-29(7)13-11-19/h10,17-18,20-21H,8-9,11-16H2,1-7H3. The highest BCUT2D eigenvalue weighted by Crippen LogP contribution is 2.45. The second-order valence-corrected chi connectivity index (χ2v) is 12.5. The summed E-state index contributed by atoms with van der Waals surface area (Å²) in [7, 11) is 2.16.